The summed E-state index contributed by atoms with van der Waals surface area (Å²) < 4.78 is 1.50. The quantitative estimate of drug-likeness (QED) is 0.868. The summed E-state index contributed by atoms with van der Waals surface area (Å²) in [5.41, 5.74) is 0.719. The second-order valence-corrected chi connectivity index (χ2v) is 5.32. The van der Waals surface area contributed by atoms with E-state index in [1.807, 2.05) is 11.4 Å². The number of nitrogens with zero attached hydrogens (tertiary/aromatic N) is 4. The Morgan fingerprint density at radius 2 is 2.45 bits per heavy atom. The fraction of sp³-hybridized carbons (Fsp3) is 0.455. The van der Waals surface area contributed by atoms with E-state index in [0.717, 1.165) is 31.6 Å². The summed E-state index contributed by atoms with van der Waals surface area (Å²) in [5.74, 6) is -0.0609. The van der Waals surface area contributed by atoms with E-state index in [1.165, 1.54) is 22.3 Å². The standard InChI is InChI=1S/C11H14N6OS.ClH/c18-11(14-8-2-1-4-12-6-8)10-9(3-5-19-10)17-7-13-15-16-17;/h3,5,7-8,12H,1-2,4,6H2,(H,14,18);1H. The van der Waals surface area contributed by atoms with Gasteiger partial charge in [-0.05, 0) is 41.3 Å². The van der Waals surface area contributed by atoms with Crippen molar-refractivity contribution in [2.75, 3.05) is 13.1 Å². The predicted octanol–water partition coefficient (Wildman–Crippen LogP) is 0.627. The maximum atomic E-state index is 12.3. The molecule has 0 aliphatic carbocycles. The minimum atomic E-state index is -0.0609. The summed E-state index contributed by atoms with van der Waals surface area (Å²) in [6.07, 6.45) is 3.60. The summed E-state index contributed by atoms with van der Waals surface area (Å²) in [4.78, 5) is 12.9. The lowest BCUT2D eigenvalue weighted by Gasteiger charge is -2.23. The van der Waals surface area contributed by atoms with E-state index in [-0.39, 0.29) is 24.4 Å². The molecule has 1 amide bonds. The largest absolute Gasteiger partial charge is 0.347 e. The van der Waals surface area contributed by atoms with E-state index >= 15 is 0 Å². The summed E-state index contributed by atoms with van der Waals surface area (Å²) in [6, 6.07) is 2.04. The monoisotopic (exact) mass is 314 g/mol. The topological polar surface area (TPSA) is 84.7 Å². The molecular weight excluding hydrogens is 300 g/mol. The van der Waals surface area contributed by atoms with Crippen LogP contribution in [0.1, 0.15) is 22.5 Å². The Kier molecular flexibility index (Phi) is 5.05. The molecule has 1 saturated heterocycles. The fourth-order valence-electron chi connectivity index (χ4n) is 2.15. The molecule has 0 aromatic carbocycles. The van der Waals surface area contributed by atoms with Crippen LogP contribution in [0.4, 0.5) is 0 Å². The first-order valence-electron chi connectivity index (χ1n) is 6.17. The molecule has 1 unspecified atom stereocenters. The number of rotatable bonds is 3. The molecule has 2 aromatic rings. The van der Waals surface area contributed by atoms with Crippen molar-refractivity contribution in [3.05, 3.63) is 22.7 Å². The Labute approximate surface area is 126 Å². The van der Waals surface area contributed by atoms with Crippen LogP contribution in [-0.4, -0.2) is 45.2 Å². The van der Waals surface area contributed by atoms with Gasteiger partial charge in [-0.1, -0.05) is 0 Å². The molecule has 7 nitrogen and oxygen atoms in total. The normalized spacial score (nSPS) is 18.3. The molecular formula is C11H15ClN6OS. The van der Waals surface area contributed by atoms with Gasteiger partial charge in [-0.25, -0.2) is 0 Å². The number of nitrogens with one attached hydrogen (secondary N) is 2. The van der Waals surface area contributed by atoms with Crippen LogP contribution in [0, 0.1) is 0 Å². The minimum absolute atomic E-state index is 0. The summed E-state index contributed by atoms with van der Waals surface area (Å²) in [5, 5.41) is 19.2. The second kappa shape index (κ2) is 6.78. The van der Waals surface area contributed by atoms with Crippen LogP contribution in [0.15, 0.2) is 17.8 Å². The molecule has 1 fully saturated rings. The zero-order valence-corrected chi connectivity index (χ0v) is 12.3. The van der Waals surface area contributed by atoms with Crippen LogP contribution in [0.25, 0.3) is 5.69 Å². The van der Waals surface area contributed by atoms with Gasteiger partial charge in [0, 0.05) is 12.6 Å². The minimum Gasteiger partial charge on any atom is -0.347 e. The molecule has 108 valence electrons. The molecule has 3 heterocycles. The van der Waals surface area contributed by atoms with Gasteiger partial charge in [0.2, 0.25) is 0 Å². The zero-order valence-electron chi connectivity index (χ0n) is 10.7. The van der Waals surface area contributed by atoms with Crippen LogP contribution in [0.2, 0.25) is 0 Å². The van der Waals surface area contributed by atoms with Crippen molar-refractivity contribution in [1.29, 1.82) is 0 Å². The maximum absolute atomic E-state index is 12.3. The van der Waals surface area contributed by atoms with E-state index in [2.05, 4.69) is 26.2 Å². The van der Waals surface area contributed by atoms with Gasteiger partial charge in [0.1, 0.15) is 11.2 Å². The number of carbonyl (C=O) groups excluding carboxylic acids is 1. The molecule has 9 heteroatoms. The number of aromatic nitrogens is 4. The smallest absolute Gasteiger partial charge is 0.263 e. The Hall–Kier alpha value is -1.51. The third-order valence-corrected chi connectivity index (χ3v) is 3.98. The molecule has 3 rings (SSSR count). The lowest BCUT2D eigenvalue weighted by Crippen LogP contribution is -2.45. The van der Waals surface area contributed by atoms with Gasteiger partial charge < -0.3 is 10.6 Å². The Morgan fingerprint density at radius 3 is 3.15 bits per heavy atom. The third-order valence-electron chi connectivity index (χ3n) is 3.08. The number of tetrazole rings is 1. The van der Waals surface area contributed by atoms with Crippen molar-refractivity contribution in [3.63, 3.8) is 0 Å². The third kappa shape index (κ3) is 3.14. The molecule has 2 aromatic heterocycles. The van der Waals surface area contributed by atoms with E-state index in [0.29, 0.717) is 4.88 Å². The van der Waals surface area contributed by atoms with Gasteiger partial charge in [-0.2, -0.15) is 4.68 Å². The van der Waals surface area contributed by atoms with Crippen molar-refractivity contribution in [2.45, 2.75) is 18.9 Å². The Bertz CT molecular complexity index is 551. The van der Waals surface area contributed by atoms with Crippen LogP contribution < -0.4 is 10.6 Å². The van der Waals surface area contributed by atoms with E-state index in [1.54, 1.807) is 0 Å². The van der Waals surface area contributed by atoms with Crippen molar-refractivity contribution in [2.24, 2.45) is 0 Å². The predicted molar refractivity (Wildman–Crippen MR) is 77.6 cm³/mol. The molecule has 0 saturated carbocycles. The highest BCUT2D eigenvalue weighted by Gasteiger charge is 2.20. The number of carbonyl (C=O) groups is 1. The SMILES string of the molecule is Cl.O=C(NC1CCCNC1)c1sccc1-n1cnnn1. The lowest BCUT2D eigenvalue weighted by atomic mass is 10.1. The Balaban J connectivity index is 0.00000147. The van der Waals surface area contributed by atoms with E-state index in [9.17, 15) is 4.79 Å². The summed E-state index contributed by atoms with van der Waals surface area (Å²) in [7, 11) is 0. The van der Waals surface area contributed by atoms with Gasteiger partial charge in [-0.3, -0.25) is 4.79 Å². The molecule has 0 radical (unpaired) electrons. The van der Waals surface area contributed by atoms with Gasteiger partial charge in [0.25, 0.3) is 5.91 Å². The highest BCUT2D eigenvalue weighted by atomic mass is 35.5. The number of piperidine rings is 1. The molecule has 0 spiro atoms. The average Bonchev–Trinajstić information content (AvgIpc) is 3.10. The highest BCUT2D eigenvalue weighted by Crippen LogP contribution is 2.20. The molecule has 0 bridgehead atoms. The molecule has 1 atom stereocenters. The number of amides is 1. The molecule has 1 aliphatic heterocycles. The first-order chi connectivity index (χ1) is 9.34. The summed E-state index contributed by atoms with van der Waals surface area (Å²) >= 11 is 1.40. The average molecular weight is 315 g/mol. The molecule has 20 heavy (non-hydrogen) atoms. The van der Waals surface area contributed by atoms with Crippen LogP contribution in [0.5, 0.6) is 0 Å². The second-order valence-electron chi connectivity index (χ2n) is 4.41. The lowest BCUT2D eigenvalue weighted by molar-refractivity contribution is 0.0934. The highest BCUT2D eigenvalue weighted by molar-refractivity contribution is 7.12. The van der Waals surface area contributed by atoms with Crippen LogP contribution >= 0.6 is 23.7 Å². The molecule has 1 aliphatic rings. The van der Waals surface area contributed by atoms with Crippen molar-refractivity contribution >= 4 is 29.7 Å². The first-order valence-corrected chi connectivity index (χ1v) is 7.05. The summed E-state index contributed by atoms with van der Waals surface area (Å²) in [6.45, 7) is 1.86. The van der Waals surface area contributed by atoms with Gasteiger partial charge in [0.05, 0.1) is 5.69 Å². The number of hydrogen-bond acceptors (Lipinski definition) is 6. The number of hydrogen-bond donors (Lipinski definition) is 2. The Morgan fingerprint density at radius 1 is 1.55 bits per heavy atom. The van der Waals surface area contributed by atoms with Gasteiger partial charge >= 0.3 is 0 Å². The van der Waals surface area contributed by atoms with Gasteiger partial charge in [0.15, 0.2) is 0 Å². The van der Waals surface area contributed by atoms with E-state index in [4.69, 9.17) is 0 Å². The number of thiophene rings is 1. The number of halogens is 1. The van der Waals surface area contributed by atoms with Crippen LogP contribution in [0.3, 0.4) is 0 Å². The van der Waals surface area contributed by atoms with Crippen LogP contribution in [-0.2, 0) is 0 Å². The van der Waals surface area contributed by atoms with Gasteiger partial charge in [-0.15, -0.1) is 28.8 Å². The maximum Gasteiger partial charge on any atom is 0.263 e. The van der Waals surface area contributed by atoms with Crippen molar-refractivity contribution in [1.82, 2.24) is 30.8 Å². The zero-order chi connectivity index (χ0) is 13.1. The fourth-order valence-corrected chi connectivity index (χ4v) is 2.93. The molecule has 2 N–H and O–H groups in total. The van der Waals surface area contributed by atoms with E-state index < -0.39 is 0 Å². The van der Waals surface area contributed by atoms with Crippen molar-refractivity contribution in [3.8, 4) is 5.69 Å². The van der Waals surface area contributed by atoms with Crippen molar-refractivity contribution < 1.29 is 4.79 Å². The first kappa shape index (κ1) is 14.9.